The lowest BCUT2D eigenvalue weighted by Gasteiger charge is -2.20. The van der Waals surface area contributed by atoms with Crippen LogP contribution in [0.3, 0.4) is 0 Å². The summed E-state index contributed by atoms with van der Waals surface area (Å²) >= 11 is 0. The number of benzene rings is 2. The van der Waals surface area contributed by atoms with Crippen LogP contribution < -0.4 is 16.2 Å². The Kier molecular flexibility index (Phi) is 8.83. The SMILES string of the molecule is C[Si](C)(C)CCOCn1c(O[C@@H]2CO[C@H]3[C@@H]2OC[C@H]3OC(N)=O)cc2nc(-c3ccc(-c4ccc(C(N)=O)cc4)cc3)c(F)cc21. The van der Waals surface area contributed by atoms with Crippen LogP contribution in [0.25, 0.3) is 33.4 Å². The summed E-state index contributed by atoms with van der Waals surface area (Å²) in [5.74, 6) is -0.553. The Morgan fingerprint density at radius 1 is 0.935 bits per heavy atom. The molecule has 0 spiro atoms. The van der Waals surface area contributed by atoms with E-state index in [9.17, 15) is 9.59 Å². The molecular weight excluding hydrogens is 611 g/mol. The van der Waals surface area contributed by atoms with E-state index in [1.54, 1.807) is 34.9 Å². The first-order chi connectivity index (χ1) is 22.0. The number of carbonyl (C=O) groups excluding carboxylic acids is 2. The first-order valence-electron chi connectivity index (χ1n) is 15.1. The highest BCUT2D eigenvalue weighted by Crippen LogP contribution is 2.35. The number of nitrogens with zero attached hydrogens (tertiary/aromatic N) is 2. The average Bonchev–Trinajstić information content (AvgIpc) is 3.69. The Morgan fingerprint density at radius 2 is 1.54 bits per heavy atom. The highest BCUT2D eigenvalue weighted by atomic mass is 28.3. The lowest BCUT2D eigenvalue weighted by atomic mass is 10.0. The molecule has 2 aromatic carbocycles. The molecule has 0 radical (unpaired) electrons. The molecule has 2 aliphatic rings. The Bertz CT molecular complexity index is 1740. The quantitative estimate of drug-likeness (QED) is 0.172. The number of amides is 2. The molecule has 4 N–H and O–H groups in total. The van der Waals surface area contributed by atoms with Crippen LogP contribution in [0, 0.1) is 5.82 Å². The minimum absolute atomic E-state index is 0.142. The minimum atomic E-state index is -1.33. The van der Waals surface area contributed by atoms with Gasteiger partial charge >= 0.3 is 6.09 Å². The zero-order chi connectivity index (χ0) is 32.6. The maximum atomic E-state index is 15.7. The van der Waals surface area contributed by atoms with Gasteiger partial charge in [0.25, 0.3) is 0 Å². The summed E-state index contributed by atoms with van der Waals surface area (Å²) in [6.07, 6.45) is -3.00. The van der Waals surface area contributed by atoms with Crippen molar-refractivity contribution in [2.24, 2.45) is 11.5 Å². The van der Waals surface area contributed by atoms with Gasteiger partial charge in [-0.3, -0.25) is 9.36 Å². The molecule has 0 aliphatic carbocycles. The summed E-state index contributed by atoms with van der Waals surface area (Å²) < 4.78 is 46.8. The van der Waals surface area contributed by atoms with Crippen molar-refractivity contribution in [1.82, 2.24) is 9.55 Å². The fourth-order valence-electron chi connectivity index (χ4n) is 5.68. The van der Waals surface area contributed by atoms with Crippen molar-refractivity contribution in [3.63, 3.8) is 0 Å². The fourth-order valence-corrected chi connectivity index (χ4v) is 6.44. The van der Waals surface area contributed by atoms with Gasteiger partial charge < -0.3 is 35.2 Å². The maximum Gasteiger partial charge on any atom is 0.404 e. The van der Waals surface area contributed by atoms with Crippen LogP contribution in [0.1, 0.15) is 10.4 Å². The molecule has 0 saturated carbocycles. The number of primary amides is 2. The van der Waals surface area contributed by atoms with E-state index in [0.29, 0.717) is 34.6 Å². The van der Waals surface area contributed by atoms with Crippen LogP contribution in [0.4, 0.5) is 9.18 Å². The first kappa shape index (κ1) is 31.7. The Balaban J connectivity index is 1.27. The van der Waals surface area contributed by atoms with Crippen molar-refractivity contribution in [3.05, 3.63) is 72.0 Å². The normalized spacial score (nSPS) is 21.0. The second-order valence-corrected chi connectivity index (χ2v) is 18.3. The van der Waals surface area contributed by atoms with Gasteiger partial charge in [0.2, 0.25) is 5.91 Å². The zero-order valence-corrected chi connectivity index (χ0v) is 26.9. The van der Waals surface area contributed by atoms with Gasteiger partial charge in [0.15, 0.2) is 23.9 Å². The van der Waals surface area contributed by atoms with Crippen LogP contribution in [0.5, 0.6) is 5.88 Å². The summed E-state index contributed by atoms with van der Waals surface area (Å²) in [7, 11) is -1.33. The van der Waals surface area contributed by atoms with Crippen LogP contribution in [0.2, 0.25) is 25.7 Å². The van der Waals surface area contributed by atoms with E-state index in [4.69, 9.17) is 40.1 Å². The highest BCUT2D eigenvalue weighted by molar-refractivity contribution is 6.76. The van der Waals surface area contributed by atoms with Crippen LogP contribution in [-0.4, -0.2) is 73.9 Å². The van der Waals surface area contributed by atoms with Crippen molar-refractivity contribution < 1.29 is 37.7 Å². The summed E-state index contributed by atoms with van der Waals surface area (Å²) in [6, 6.07) is 18.5. The van der Waals surface area contributed by atoms with Gasteiger partial charge in [-0.05, 0) is 29.3 Å². The van der Waals surface area contributed by atoms with Gasteiger partial charge in [-0.25, -0.2) is 14.2 Å². The van der Waals surface area contributed by atoms with E-state index in [1.165, 1.54) is 6.07 Å². The van der Waals surface area contributed by atoms with E-state index in [1.807, 2.05) is 24.3 Å². The van der Waals surface area contributed by atoms with Crippen LogP contribution in [-0.2, 0) is 25.7 Å². The summed E-state index contributed by atoms with van der Waals surface area (Å²) in [4.78, 5) is 27.4. The van der Waals surface area contributed by atoms with Gasteiger partial charge in [-0.2, -0.15) is 0 Å². The van der Waals surface area contributed by atoms with Crippen molar-refractivity contribution in [2.45, 2.75) is 56.8 Å². The molecule has 242 valence electrons. The molecule has 4 heterocycles. The Hall–Kier alpha value is -4.30. The van der Waals surface area contributed by atoms with Crippen molar-refractivity contribution in [2.75, 3.05) is 19.8 Å². The predicted octanol–water partition coefficient (Wildman–Crippen LogP) is 4.93. The van der Waals surface area contributed by atoms with Gasteiger partial charge in [0.05, 0.1) is 24.2 Å². The molecule has 2 fully saturated rings. The van der Waals surface area contributed by atoms with E-state index in [-0.39, 0.29) is 25.6 Å². The number of hydrogen-bond donors (Lipinski definition) is 2. The third-order valence-electron chi connectivity index (χ3n) is 8.18. The fraction of sp³-hybridized carbons (Fsp3) is 0.364. The van der Waals surface area contributed by atoms with Crippen molar-refractivity contribution in [1.29, 1.82) is 0 Å². The van der Waals surface area contributed by atoms with E-state index >= 15 is 4.39 Å². The molecule has 13 heteroatoms. The third kappa shape index (κ3) is 6.77. The molecular formula is C33H37FN4O7Si. The molecule has 11 nitrogen and oxygen atoms in total. The average molecular weight is 649 g/mol. The molecule has 0 bridgehead atoms. The Labute approximate surface area is 266 Å². The monoisotopic (exact) mass is 648 g/mol. The number of pyridine rings is 1. The molecule has 2 saturated heterocycles. The predicted molar refractivity (Wildman–Crippen MR) is 172 cm³/mol. The summed E-state index contributed by atoms with van der Waals surface area (Å²) in [5, 5.41) is 0. The second-order valence-electron chi connectivity index (χ2n) is 12.7. The van der Waals surface area contributed by atoms with E-state index in [2.05, 4.69) is 19.6 Å². The Morgan fingerprint density at radius 3 is 2.17 bits per heavy atom. The number of aromatic nitrogens is 2. The lowest BCUT2D eigenvalue weighted by Crippen LogP contribution is -2.37. The number of rotatable bonds is 11. The minimum Gasteiger partial charge on any atom is -0.470 e. The number of halogens is 1. The lowest BCUT2D eigenvalue weighted by molar-refractivity contribution is -0.00216. The van der Waals surface area contributed by atoms with Crippen molar-refractivity contribution >= 4 is 31.1 Å². The summed E-state index contributed by atoms with van der Waals surface area (Å²) in [5.41, 5.74) is 14.6. The number of ether oxygens (including phenoxy) is 5. The molecule has 4 aromatic rings. The topological polar surface area (TPSA) is 150 Å². The highest BCUT2D eigenvalue weighted by Gasteiger charge is 2.51. The number of nitrogens with two attached hydrogens (primary N) is 2. The van der Waals surface area contributed by atoms with Crippen molar-refractivity contribution in [3.8, 4) is 28.3 Å². The molecule has 2 amide bonds. The smallest absolute Gasteiger partial charge is 0.404 e. The summed E-state index contributed by atoms with van der Waals surface area (Å²) in [6.45, 7) is 7.88. The molecule has 0 unspecified atom stereocenters. The zero-order valence-electron chi connectivity index (χ0n) is 25.9. The third-order valence-corrected chi connectivity index (χ3v) is 9.89. The van der Waals surface area contributed by atoms with Gasteiger partial charge in [0, 0.05) is 37.9 Å². The maximum absolute atomic E-state index is 15.7. The van der Waals surface area contributed by atoms with Gasteiger partial charge in [-0.1, -0.05) is 56.0 Å². The first-order valence-corrected chi connectivity index (χ1v) is 18.8. The second kappa shape index (κ2) is 12.8. The molecule has 2 aromatic heterocycles. The van der Waals surface area contributed by atoms with Crippen LogP contribution in [0.15, 0.2) is 60.7 Å². The van der Waals surface area contributed by atoms with E-state index in [0.717, 1.165) is 17.2 Å². The molecule has 2 aliphatic heterocycles. The van der Waals surface area contributed by atoms with E-state index < -0.39 is 50.3 Å². The van der Waals surface area contributed by atoms with Gasteiger partial charge in [0.1, 0.15) is 24.6 Å². The van der Waals surface area contributed by atoms with Crippen LogP contribution >= 0.6 is 0 Å². The number of carbonyl (C=O) groups is 2. The largest absolute Gasteiger partial charge is 0.470 e. The molecule has 4 atom stereocenters. The number of hydrogen-bond acceptors (Lipinski definition) is 8. The molecule has 46 heavy (non-hydrogen) atoms. The standard InChI is InChI=1S/C33H37FN4O7Si/c1-46(2,3)13-12-41-18-38-25-14-23(34)29(21-8-4-19(5-9-21)20-6-10-22(11-7-20)32(35)39)37-24(25)15-28(38)44-26-16-42-31-27(45-33(36)40)17-43-30(26)31/h4-11,14-15,26-27,30-31H,12-13,16-18H2,1-3H3,(H2,35,39)(H2,36,40)/t26-,27-,30-,31-/m1/s1. The number of fused-ring (bicyclic) bond motifs is 2. The molecule has 6 rings (SSSR count). The van der Waals surface area contributed by atoms with Gasteiger partial charge in [-0.15, -0.1) is 0 Å².